The number of aromatic carboxylic acids is 2. The van der Waals surface area contributed by atoms with Gasteiger partial charge in [-0.15, -0.1) is 0 Å². The number of anilines is 2. The van der Waals surface area contributed by atoms with Crippen LogP contribution in [0.4, 0.5) is 11.4 Å². The average Bonchev–Trinajstić information content (AvgIpc) is 2.96. The Kier molecular flexibility index (Phi) is 11.2. The second-order valence-corrected chi connectivity index (χ2v) is 16.8. The zero-order valence-corrected chi connectivity index (χ0v) is 24.5. The van der Waals surface area contributed by atoms with E-state index >= 15 is 0 Å². The molecule has 0 fully saturated rings. The van der Waals surface area contributed by atoms with E-state index in [9.17, 15) is 19.8 Å². The van der Waals surface area contributed by atoms with Gasteiger partial charge in [-0.3, -0.25) is 0 Å². The molecular weight excluding hydrogens is 685 g/mol. The van der Waals surface area contributed by atoms with Gasteiger partial charge in [-0.25, -0.2) is 0 Å². The molecular formula is C32H27BiN2O4. The zero-order chi connectivity index (χ0) is 28.0. The third kappa shape index (κ3) is 9.40. The van der Waals surface area contributed by atoms with E-state index in [0.717, 1.165) is 0 Å². The van der Waals surface area contributed by atoms with Crippen LogP contribution in [-0.2, 0) is 0 Å². The number of nitrogens with two attached hydrogens (primary N) is 2. The molecule has 0 aliphatic carbocycles. The van der Waals surface area contributed by atoms with E-state index in [2.05, 4.69) is 91.0 Å². The Morgan fingerprint density at radius 3 is 0.923 bits per heavy atom. The van der Waals surface area contributed by atoms with Gasteiger partial charge in [-0.05, 0) is 35.4 Å². The van der Waals surface area contributed by atoms with Crippen LogP contribution in [-0.4, -0.2) is 33.7 Å². The average molecular weight is 713 g/mol. The molecule has 0 unspecified atom stereocenters. The van der Waals surface area contributed by atoms with Gasteiger partial charge in [0, 0.05) is 11.4 Å². The van der Waals surface area contributed by atoms with Crippen LogP contribution >= 0.6 is 0 Å². The fourth-order valence-corrected chi connectivity index (χ4v) is 12.4. The summed E-state index contributed by atoms with van der Waals surface area (Å²) < 4.78 is 4.61. The molecule has 0 bridgehead atoms. The van der Waals surface area contributed by atoms with Crippen LogP contribution in [0.3, 0.4) is 0 Å². The summed E-state index contributed by atoms with van der Waals surface area (Å²) in [4.78, 5) is 20.3. The van der Waals surface area contributed by atoms with Gasteiger partial charge in [0.1, 0.15) is 0 Å². The summed E-state index contributed by atoms with van der Waals surface area (Å²) in [5, 5.41) is 20.3. The molecule has 5 aromatic rings. The van der Waals surface area contributed by atoms with Crippen molar-refractivity contribution in [3.63, 3.8) is 0 Å². The number of hydrogen-bond donors (Lipinski definition) is 2. The van der Waals surface area contributed by atoms with Crippen molar-refractivity contribution in [2.24, 2.45) is 0 Å². The Bertz CT molecular complexity index is 1300. The molecule has 0 aliphatic heterocycles. The normalized spacial score (nSPS) is 9.64. The number of carbonyl (C=O) groups is 2. The number of hydrogen-bond acceptors (Lipinski definition) is 6. The van der Waals surface area contributed by atoms with Crippen molar-refractivity contribution in [1.29, 1.82) is 0 Å². The molecule has 6 nitrogen and oxygen atoms in total. The molecule has 0 spiro atoms. The minimum absolute atomic E-state index is 0.147. The van der Waals surface area contributed by atoms with Gasteiger partial charge in [0.15, 0.2) is 0 Å². The van der Waals surface area contributed by atoms with Gasteiger partial charge < -0.3 is 31.3 Å². The minimum atomic E-state index is -2.06. The quantitative estimate of drug-likeness (QED) is 0.210. The molecule has 0 atom stereocenters. The van der Waals surface area contributed by atoms with Gasteiger partial charge in [0.2, 0.25) is 0 Å². The molecule has 0 aliphatic rings. The summed E-state index contributed by atoms with van der Waals surface area (Å²) in [5.41, 5.74) is 12.0. The topological polar surface area (TPSA) is 132 Å². The van der Waals surface area contributed by atoms with Crippen molar-refractivity contribution in [3.05, 3.63) is 151 Å². The monoisotopic (exact) mass is 712 g/mol. The Morgan fingerprint density at radius 2 is 0.692 bits per heavy atom. The van der Waals surface area contributed by atoms with Crippen molar-refractivity contribution in [2.75, 3.05) is 11.5 Å². The molecule has 0 amide bonds. The maximum absolute atomic E-state index is 10.2. The van der Waals surface area contributed by atoms with Gasteiger partial charge in [0.05, 0.1) is 11.9 Å². The second-order valence-electron chi connectivity index (χ2n) is 8.16. The summed E-state index contributed by atoms with van der Waals surface area (Å²) in [6.45, 7) is 0. The van der Waals surface area contributed by atoms with Crippen molar-refractivity contribution >= 4 is 54.9 Å². The van der Waals surface area contributed by atoms with Crippen LogP contribution < -0.4 is 31.5 Å². The van der Waals surface area contributed by atoms with Gasteiger partial charge in [0.25, 0.3) is 0 Å². The SMILES string of the molecule is Nc1ccc(C(=O)[O-])cc1.Nc1ccc(C(=O)[O-])cc1.c1cc[c]([Bi+2]([c]2ccccc2)[c]2ccccc2)cc1. The Labute approximate surface area is 235 Å². The van der Waals surface area contributed by atoms with E-state index in [-0.39, 0.29) is 11.1 Å². The van der Waals surface area contributed by atoms with Crippen LogP contribution in [0, 0.1) is 0 Å². The number of rotatable bonds is 5. The predicted octanol–water partition coefficient (Wildman–Crippen LogP) is 1.47. The molecule has 0 aromatic heterocycles. The number of carbonyl (C=O) groups excluding carboxylic acids is 2. The van der Waals surface area contributed by atoms with Crippen LogP contribution in [0.5, 0.6) is 0 Å². The van der Waals surface area contributed by atoms with Gasteiger partial charge in [-0.1, -0.05) is 24.3 Å². The first-order chi connectivity index (χ1) is 18.8. The fourth-order valence-electron chi connectivity index (χ4n) is 3.42. The Hall–Kier alpha value is -4.48. The summed E-state index contributed by atoms with van der Waals surface area (Å²) in [6, 6.07) is 44.7. The van der Waals surface area contributed by atoms with Crippen molar-refractivity contribution < 1.29 is 19.8 Å². The first-order valence-corrected chi connectivity index (χ1v) is 17.2. The molecule has 7 heteroatoms. The fraction of sp³-hybridized carbons (Fsp3) is 0. The third-order valence-corrected chi connectivity index (χ3v) is 14.8. The molecule has 4 N–H and O–H groups in total. The van der Waals surface area contributed by atoms with Crippen LogP contribution in [0.2, 0.25) is 0 Å². The summed E-state index contributed by atoms with van der Waals surface area (Å²) in [5.74, 6) is -2.36. The van der Waals surface area contributed by atoms with E-state index in [4.69, 9.17) is 11.5 Å². The molecule has 5 aromatic carbocycles. The third-order valence-electron chi connectivity index (χ3n) is 5.34. The zero-order valence-electron chi connectivity index (χ0n) is 21.0. The first-order valence-electron chi connectivity index (χ1n) is 11.9. The molecule has 39 heavy (non-hydrogen) atoms. The standard InChI is InChI=1S/2C7H7NO2.3C6H5.Bi/c2*8-6-3-1-5(2-4-6)7(9)10;3*1-2-4-6-5-3-1;/h2*1-4H,8H2,(H,9,10);3*1-5H;/q;;;;;+2/p-2. The Balaban J connectivity index is 0.000000178. The van der Waals surface area contributed by atoms with E-state index in [1.165, 1.54) is 58.3 Å². The summed E-state index contributed by atoms with van der Waals surface area (Å²) >= 11 is -2.06. The van der Waals surface area contributed by atoms with E-state index in [1.54, 1.807) is 0 Å². The van der Waals surface area contributed by atoms with Crippen molar-refractivity contribution in [1.82, 2.24) is 0 Å². The van der Waals surface area contributed by atoms with Crippen LogP contribution in [0.15, 0.2) is 140 Å². The predicted molar refractivity (Wildman–Crippen MR) is 154 cm³/mol. The van der Waals surface area contributed by atoms with Crippen LogP contribution in [0.25, 0.3) is 0 Å². The van der Waals surface area contributed by atoms with E-state index < -0.39 is 33.7 Å². The van der Waals surface area contributed by atoms with Gasteiger partial charge in [-0.2, -0.15) is 0 Å². The second kappa shape index (κ2) is 15.1. The number of carboxylic acids is 2. The van der Waals surface area contributed by atoms with Crippen LogP contribution in [0.1, 0.15) is 20.7 Å². The molecule has 0 radical (unpaired) electrons. The summed E-state index contributed by atoms with van der Waals surface area (Å²) in [7, 11) is 0. The Morgan fingerprint density at radius 1 is 0.436 bits per heavy atom. The van der Waals surface area contributed by atoms with Crippen molar-refractivity contribution in [2.45, 2.75) is 0 Å². The van der Waals surface area contributed by atoms with E-state index in [0.29, 0.717) is 11.4 Å². The molecule has 0 heterocycles. The maximum atomic E-state index is 10.2. The van der Waals surface area contributed by atoms with E-state index in [1.807, 2.05) is 0 Å². The first kappa shape index (κ1) is 29.1. The molecule has 0 saturated heterocycles. The summed E-state index contributed by atoms with van der Waals surface area (Å²) in [6.07, 6.45) is 0. The van der Waals surface area contributed by atoms with Gasteiger partial charge >= 0.3 is 123 Å². The number of carboxylic acid groups (broad SMARTS) is 2. The molecule has 5 rings (SSSR count). The molecule has 194 valence electrons. The molecule has 0 saturated carbocycles. The number of benzene rings is 5. The number of nitrogen functional groups attached to an aromatic ring is 2. The van der Waals surface area contributed by atoms with Crippen molar-refractivity contribution in [3.8, 4) is 0 Å².